The number of ketones is 1. The lowest BCUT2D eigenvalue weighted by molar-refractivity contribution is -0.134. The molecule has 3 aliphatic rings. The summed E-state index contributed by atoms with van der Waals surface area (Å²) in [7, 11) is 0. The number of carbonyl (C=O) groups is 2. The van der Waals surface area contributed by atoms with Crippen molar-refractivity contribution >= 4 is 17.3 Å². The Kier molecular flexibility index (Phi) is 6.66. The molecule has 1 aromatic rings. The summed E-state index contributed by atoms with van der Waals surface area (Å²) in [5.74, 6) is 0.220. The molecule has 1 atom stereocenters. The summed E-state index contributed by atoms with van der Waals surface area (Å²) in [4.78, 5) is 24.4. The molecule has 0 spiro atoms. The van der Waals surface area contributed by atoms with Crippen LogP contribution in [0.4, 0.5) is 0 Å². The van der Waals surface area contributed by atoms with Crippen LogP contribution in [0.2, 0.25) is 0 Å². The van der Waals surface area contributed by atoms with Gasteiger partial charge in [0, 0.05) is 23.5 Å². The molecule has 0 saturated carbocycles. The molecule has 1 aliphatic carbocycles. The smallest absolute Gasteiger partial charge is 0.339 e. The molecule has 1 unspecified atom stereocenters. The number of carboxylic acids is 1. The van der Waals surface area contributed by atoms with Crippen molar-refractivity contribution in [3.05, 3.63) is 40.5 Å². The second-order valence-electron chi connectivity index (χ2n) is 10.1. The number of benzene rings is 1. The number of carboxylic acid groups (broad SMARTS) is 1. The minimum Gasteiger partial charge on any atom is -0.492 e. The van der Waals surface area contributed by atoms with Crippen LogP contribution in [0, 0.1) is 11.3 Å². The third-order valence-corrected chi connectivity index (χ3v) is 6.77. The molecule has 178 valence electrons. The zero-order valence-corrected chi connectivity index (χ0v) is 20.0. The molecule has 33 heavy (non-hydrogen) atoms. The summed E-state index contributed by atoms with van der Waals surface area (Å²) in [6.45, 7) is 10.4. The van der Waals surface area contributed by atoms with Crippen LogP contribution >= 0.6 is 0 Å². The van der Waals surface area contributed by atoms with Gasteiger partial charge in [-0.15, -0.1) is 0 Å². The van der Waals surface area contributed by atoms with Crippen molar-refractivity contribution in [3.63, 3.8) is 0 Å². The van der Waals surface area contributed by atoms with Gasteiger partial charge in [-0.3, -0.25) is 4.79 Å². The number of carbonyl (C=O) groups excluding carboxylic acids is 1. The lowest BCUT2D eigenvalue weighted by Crippen LogP contribution is -2.44. The Bertz CT molecular complexity index is 1010. The first-order valence-corrected chi connectivity index (χ1v) is 12.0. The van der Waals surface area contributed by atoms with E-state index in [-0.39, 0.29) is 35.2 Å². The molecule has 2 heterocycles. The van der Waals surface area contributed by atoms with Gasteiger partial charge in [0.05, 0.1) is 19.8 Å². The zero-order chi connectivity index (χ0) is 23.8. The van der Waals surface area contributed by atoms with E-state index >= 15 is 0 Å². The quantitative estimate of drug-likeness (QED) is 0.610. The molecule has 0 aromatic heterocycles. The molecule has 6 heteroatoms. The van der Waals surface area contributed by atoms with Crippen molar-refractivity contribution in [2.45, 2.75) is 65.9 Å². The molecule has 1 saturated heterocycles. The molecule has 4 rings (SSSR count). The average Bonchev–Trinajstić information content (AvgIpc) is 2.84. The summed E-state index contributed by atoms with van der Waals surface area (Å²) in [5, 5.41) is 9.72. The van der Waals surface area contributed by atoms with E-state index in [0.29, 0.717) is 26.2 Å². The number of ether oxygens (including phenoxy) is 3. The molecule has 1 N–H and O–H groups in total. The maximum atomic E-state index is 12.5. The van der Waals surface area contributed by atoms with Crippen LogP contribution in [0.25, 0.3) is 5.57 Å². The summed E-state index contributed by atoms with van der Waals surface area (Å²) in [5.41, 5.74) is 3.88. The number of allylic oxidation sites excluding steroid dienone is 1. The third kappa shape index (κ3) is 4.72. The molecular formula is C27H34O6. The van der Waals surface area contributed by atoms with Gasteiger partial charge < -0.3 is 19.3 Å². The number of rotatable bonds is 6. The van der Waals surface area contributed by atoms with E-state index in [9.17, 15) is 14.7 Å². The van der Waals surface area contributed by atoms with Gasteiger partial charge in [-0.1, -0.05) is 27.7 Å². The van der Waals surface area contributed by atoms with E-state index in [1.54, 1.807) is 6.08 Å². The normalized spacial score (nSPS) is 23.7. The van der Waals surface area contributed by atoms with Crippen LogP contribution in [0.3, 0.4) is 0 Å². The number of fused-ring (bicyclic) bond motifs is 2. The fraction of sp³-hybridized carbons (Fsp3) is 0.556. The van der Waals surface area contributed by atoms with E-state index in [1.807, 2.05) is 6.07 Å². The summed E-state index contributed by atoms with van der Waals surface area (Å²) < 4.78 is 18.1. The maximum absolute atomic E-state index is 12.5. The van der Waals surface area contributed by atoms with Crippen molar-refractivity contribution in [3.8, 4) is 11.5 Å². The Balaban J connectivity index is 1.81. The Morgan fingerprint density at radius 3 is 2.58 bits per heavy atom. The minimum absolute atomic E-state index is 0.0420. The first-order chi connectivity index (χ1) is 15.7. The van der Waals surface area contributed by atoms with Crippen molar-refractivity contribution in [2.24, 2.45) is 11.3 Å². The molecular weight excluding hydrogens is 420 g/mol. The van der Waals surface area contributed by atoms with Gasteiger partial charge >= 0.3 is 5.97 Å². The average molecular weight is 455 g/mol. The minimum atomic E-state index is -1.17. The van der Waals surface area contributed by atoms with Crippen LogP contribution in [0.1, 0.15) is 64.5 Å². The van der Waals surface area contributed by atoms with E-state index in [2.05, 4.69) is 33.8 Å². The Morgan fingerprint density at radius 1 is 1.24 bits per heavy atom. The number of Topliss-reactive ketones (excluding diaryl/α,β-unsaturated/α-hetero) is 1. The standard InChI is InChI=1S/C27H34O6/c1-5-17-10-19-18-8-6-7-9-22(28)21(26(29)30)11-20(18)25(16(2)3)33-24(19)12-23(17)32-15-27(4)13-31-14-27/h10-12,16,25H,5-9,13-15H2,1-4H3,(H,29,30)/b21-11+. The summed E-state index contributed by atoms with van der Waals surface area (Å²) in [6, 6.07) is 4.12. The molecule has 6 nitrogen and oxygen atoms in total. The highest BCUT2D eigenvalue weighted by atomic mass is 16.5. The Hall–Kier alpha value is -2.60. The summed E-state index contributed by atoms with van der Waals surface area (Å²) in [6.07, 6.45) is 4.59. The van der Waals surface area contributed by atoms with Crippen LogP contribution in [-0.2, 0) is 20.7 Å². The fourth-order valence-electron chi connectivity index (χ4n) is 4.75. The second kappa shape index (κ2) is 9.34. The van der Waals surface area contributed by atoms with Gasteiger partial charge in [0.1, 0.15) is 23.2 Å². The fourth-order valence-corrected chi connectivity index (χ4v) is 4.75. The van der Waals surface area contributed by atoms with E-state index in [4.69, 9.17) is 14.2 Å². The highest BCUT2D eigenvalue weighted by Gasteiger charge is 2.36. The van der Waals surface area contributed by atoms with Gasteiger partial charge in [-0.2, -0.15) is 0 Å². The van der Waals surface area contributed by atoms with Crippen LogP contribution in [0.15, 0.2) is 29.4 Å². The summed E-state index contributed by atoms with van der Waals surface area (Å²) >= 11 is 0. The van der Waals surface area contributed by atoms with Gasteiger partial charge in [-0.05, 0) is 60.5 Å². The lowest BCUT2D eigenvalue weighted by atomic mass is 9.84. The van der Waals surface area contributed by atoms with Gasteiger partial charge in [0.2, 0.25) is 0 Å². The van der Waals surface area contributed by atoms with Gasteiger partial charge in [0.15, 0.2) is 5.78 Å². The predicted octanol–water partition coefficient (Wildman–Crippen LogP) is 4.99. The second-order valence-corrected chi connectivity index (χ2v) is 10.1. The monoisotopic (exact) mass is 454 g/mol. The molecule has 0 amide bonds. The van der Waals surface area contributed by atoms with Crippen molar-refractivity contribution in [1.29, 1.82) is 0 Å². The van der Waals surface area contributed by atoms with Crippen molar-refractivity contribution < 1.29 is 28.9 Å². The molecule has 2 aliphatic heterocycles. The van der Waals surface area contributed by atoms with E-state index < -0.39 is 5.97 Å². The van der Waals surface area contributed by atoms with E-state index in [0.717, 1.165) is 53.0 Å². The third-order valence-electron chi connectivity index (χ3n) is 6.77. The largest absolute Gasteiger partial charge is 0.492 e. The highest BCUT2D eigenvalue weighted by molar-refractivity contribution is 6.17. The van der Waals surface area contributed by atoms with Gasteiger partial charge in [-0.25, -0.2) is 4.79 Å². The topological polar surface area (TPSA) is 82.1 Å². The van der Waals surface area contributed by atoms with Crippen LogP contribution in [-0.4, -0.2) is 42.8 Å². The van der Waals surface area contributed by atoms with Gasteiger partial charge in [0.25, 0.3) is 0 Å². The number of hydrogen-bond acceptors (Lipinski definition) is 5. The van der Waals surface area contributed by atoms with Crippen molar-refractivity contribution in [2.75, 3.05) is 19.8 Å². The first-order valence-electron chi connectivity index (χ1n) is 12.0. The Labute approximate surface area is 195 Å². The highest BCUT2D eigenvalue weighted by Crippen LogP contribution is 2.45. The predicted molar refractivity (Wildman–Crippen MR) is 126 cm³/mol. The van der Waals surface area contributed by atoms with Crippen LogP contribution < -0.4 is 9.47 Å². The number of aryl methyl sites for hydroxylation is 1. The molecule has 0 radical (unpaired) electrons. The molecule has 0 bridgehead atoms. The van der Waals surface area contributed by atoms with Crippen molar-refractivity contribution in [1.82, 2.24) is 0 Å². The zero-order valence-electron chi connectivity index (χ0n) is 20.0. The Morgan fingerprint density at radius 2 is 1.97 bits per heavy atom. The van der Waals surface area contributed by atoms with Crippen LogP contribution in [0.5, 0.6) is 11.5 Å². The first kappa shape index (κ1) is 23.6. The molecule has 1 fully saturated rings. The number of aliphatic carboxylic acids is 1. The molecule has 1 aromatic carbocycles. The SMILES string of the molecule is CCc1cc2c(cc1OCC1(C)COC1)OC(C(C)C)C1=C2CCCCC(=O)/C(C(=O)O)=C\1. The maximum Gasteiger partial charge on any atom is 0.339 e. The number of hydrogen-bond donors (Lipinski definition) is 1. The van der Waals surface area contributed by atoms with E-state index in [1.165, 1.54) is 0 Å². The lowest BCUT2D eigenvalue weighted by Gasteiger charge is -2.38.